The van der Waals surface area contributed by atoms with Gasteiger partial charge in [0.15, 0.2) is 0 Å². The summed E-state index contributed by atoms with van der Waals surface area (Å²) in [6.07, 6.45) is 32.1. The summed E-state index contributed by atoms with van der Waals surface area (Å²) < 4.78 is 0. The standard InChI is InChI=1S/C30H56N2O2/c1-3-5-7-9-11-13-15-17-19-23-27-31-29(33)25-21-22-26-30(34)32-28-24-20-18-16-14-12-10-8-6-4-2/h21-22,25-26H,3-20,23-24,27-28H2,1-2H3,(H,31,33)(H,32,34)/b25-21-,26-22-. The topological polar surface area (TPSA) is 58.2 Å². The largest absolute Gasteiger partial charge is 0.353 e. The van der Waals surface area contributed by atoms with Crippen LogP contribution in [0.5, 0.6) is 0 Å². The molecule has 4 heteroatoms. The zero-order valence-corrected chi connectivity index (χ0v) is 22.7. The molecule has 0 saturated heterocycles. The van der Waals surface area contributed by atoms with Crippen LogP contribution in [-0.4, -0.2) is 24.9 Å². The molecule has 0 rings (SSSR count). The van der Waals surface area contributed by atoms with Gasteiger partial charge in [-0.15, -0.1) is 0 Å². The molecule has 0 aliphatic heterocycles. The van der Waals surface area contributed by atoms with Gasteiger partial charge in [-0.2, -0.15) is 0 Å². The van der Waals surface area contributed by atoms with Crippen molar-refractivity contribution < 1.29 is 9.59 Å². The van der Waals surface area contributed by atoms with Gasteiger partial charge in [-0.25, -0.2) is 0 Å². The third-order valence-corrected chi connectivity index (χ3v) is 6.27. The van der Waals surface area contributed by atoms with Crippen molar-refractivity contribution >= 4 is 11.8 Å². The molecule has 0 saturated carbocycles. The Morgan fingerprint density at radius 3 is 1.00 bits per heavy atom. The minimum atomic E-state index is -0.0913. The van der Waals surface area contributed by atoms with Crippen molar-refractivity contribution in [3.63, 3.8) is 0 Å². The number of hydrogen-bond acceptors (Lipinski definition) is 2. The fraction of sp³-hybridized carbons (Fsp3) is 0.800. The summed E-state index contributed by atoms with van der Waals surface area (Å²) in [6.45, 7) is 5.96. The van der Waals surface area contributed by atoms with Crippen molar-refractivity contribution in [2.24, 2.45) is 0 Å². The smallest absolute Gasteiger partial charge is 0.243 e. The molecule has 2 N–H and O–H groups in total. The average molecular weight is 477 g/mol. The first kappa shape index (κ1) is 32.4. The predicted octanol–water partition coefficient (Wildman–Crippen LogP) is 8.17. The lowest BCUT2D eigenvalue weighted by atomic mass is 10.1. The van der Waals surface area contributed by atoms with E-state index in [0.717, 1.165) is 25.9 Å². The number of carbonyl (C=O) groups excluding carboxylic acids is 2. The van der Waals surface area contributed by atoms with E-state index in [-0.39, 0.29) is 11.8 Å². The van der Waals surface area contributed by atoms with Gasteiger partial charge in [0.25, 0.3) is 0 Å². The number of hydrogen-bond donors (Lipinski definition) is 2. The fourth-order valence-corrected chi connectivity index (χ4v) is 4.05. The van der Waals surface area contributed by atoms with Crippen LogP contribution in [0.25, 0.3) is 0 Å². The maximum absolute atomic E-state index is 11.8. The van der Waals surface area contributed by atoms with E-state index in [2.05, 4.69) is 24.5 Å². The molecule has 0 spiro atoms. The fourth-order valence-electron chi connectivity index (χ4n) is 4.05. The molecule has 0 unspecified atom stereocenters. The first-order chi connectivity index (χ1) is 16.7. The number of allylic oxidation sites excluding steroid dienone is 2. The van der Waals surface area contributed by atoms with E-state index in [4.69, 9.17) is 0 Å². The molecular formula is C30H56N2O2. The van der Waals surface area contributed by atoms with Gasteiger partial charge < -0.3 is 10.6 Å². The molecule has 0 aromatic rings. The van der Waals surface area contributed by atoms with Crippen LogP contribution in [0.4, 0.5) is 0 Å². The van der Waals surface area contributed by atoms with Crippen LogP contribution in [0, 0.1) is 0 Å². The van der Waals surface area contributed by atoms with Crippen LogP contribution in [0.1, 0.15) is 142 Å². The van der Waals surface area contributed by atoms with Crippen molar-refractivity contribution in [1.29, 1.82) is 0 Å². The molecule has 4 nitrogen and oxygen atoms in total. The van der Waals surface area contributed by atoms with Gasteiger partial charge in [-0.1, -0.05) is 142 Å². The van der Waals surface area contributed by atoms with Gasteiger partial charge in [0.2, 0.25) is 11.8 Å². The molecule has 198 valence electrons. The monoisotopic (exact) mass is 476 g/mol. The first-order valence-electron chi connectivity index (χ1n) is 14.6. The second-order valence-electron chi connectivity index (χ2n) is 9.66. The molecule has 0 aliphatic carbocycles. The number of unbranched alkanes of at least 4 members (excludes halogenated alkanes) is 18. The first-order valence-corrected chi connectivity index (χ1v) is 14.6. The molecule has 0 fully saturated rings. The van der Waals surface area contributed by atoms with Crippen LogP contribution in [-0.2, 0) is 9.59 Å². The van der Waals surface area contributed by atoms with Crippen molar-refractivity contribution in [3.05, 3.63) is 24.3 Å². The number of amides is 2. The molecule has 0 aliphatic rings. The minimum absolute atomic E-state index is 0.0913. The summed E-state index contributed by atoms with van der Waals surface area (Å²) in [5.74, 6) is -0.183. The molecule has 0 aromatic heterocycles. The molecule has 0 heterocycles. The Morgan fingerprint density at radius 1 is 0.441 bits per heavy atom. The van der Waals surface area contributed by atoms with Gasteiger partial charge in [0.05, 0.1) is 0 Å². The molecule has 34 heavy (non-hydrogen) atoms. The predicted molar refractivity (Wildman–Crippen MR) is 148 cm³/mol. The van der Waals surface area contributed by atoms with Crippen molar-refractivity contribution in [3.8, 4) is 0 Å². The lowest BCUT2D eigenvalue weighted by Crippen LogP contribution is -2.22. The van der Waals surface area contributed by atoms with Gasteiger partial charge in [-0.05, 0) is 12.8 Å². The Morgan fingerprint density at radius 2 is 0.706 bits per heavy atom. The van der Waals surface area contributed by atoms with Crippen LogP contribution in [0.3, 0.4) is 0 Å². The highest BCUT2D eigenvalue weighted by Crippen LogP contribution is 2.11. The van der Waals surface area contributed by atoms with Gasteiger partial charge in [-0.3, -0.25) is 9.59 Å². The van der Waals surface area contributed by atoms with E-state index in [0.29, 0.717) is 0 Å². The highest BCUT2D eigenvalue weighted by Gasteiger charge is 1.97. The zero-order valence-electron chi connectivity index (χ0n) is 22.7. The summed E-state index contributed by atoms with van der Waals surface area (Å²) in [6, 6.07) is 0. The lowest BCUT2D eigenvalue weighted by molar-refractivity contribution is -0.117. The summed E-state index contributed by atoms with van der Waals surface area (Å²) in [5, 5.41) is 5.82. The average Bonchev–Trinajstić information content (AvgIpc) is 2.83. The Balaban J connectivity index is 3.46. The Kier molecular flexibility index (Phi) is 26.4. The summed E-state index contributed by atoms with van der Waals surface area (Å²) in [5.41, 5.74) is 0. The minimum Gasteiger partial charge on any atom is -0.353 e. The summed E-state index contributed by atoms with van der Waals surface area (Å²) in [7, 11) is 0. The third-order valence-electron chi connectivity index (χ3n) is 6.27. The maximum atomic E-state index is 11.8. The molecule has 0 atom stereocenters. The van der Waals surface area contributed by atoms with Gasteiger partial charge >= 0.3 is 0 Å². The third kappa shape index (κ3) is 26.7. The van der Waals surface area contributed by atoms with Crippen LogP contribution < -0.4 is 10.6 Å². The van der Waals surface area contributed by atoms with Crippen LogP contribution in [0.2, 0.25) is 0 Å². The summed E-state index contributed by atoms with van der Waals surface area (Å²) in [4.78, 5) is 23.6. The van der Waals surface area contributed by atoms with Crippen LogP contribution >= 0.6 is 0 Å². The molecule has 2 amide bonds. The van der Waals surface area contributed by atoms with Crippen molar-refractivity contribution in [2.75, 3.05) is 13.1 Å². The van der Waals surface area contributed by atoms with Gasteiger partial charge in [0, 0.05) is 25.2 Å². The number of nitrogens with one attached hydrogen (secondary N) is 2. The lowest BCUT2D eigenvalue weighted by Gasteiger charge is -2.03. The Hall–Kier alpha value is -1.58. The van der Waals surface area contributed by atoms with E-state index in [9.17, 15) is 9.59 Å². The summed E-state index contributed by atoms with van der Waals surface area (Å²) >= 11 is 0. The van der Waals surface area contributed by atoms with Gasteiger partial charge in [0.1, 0.15) is 0 Å². The number of carbonyl (C=O) groups is 2. The molecule has 0 radical (unpaired) electrons. The van der Waals surface area contributed by atoms with Crippen LogP contribution in [0.15, 0.2) is 24.3 Å². The van der Waals surface area contributed by atoms with Crippen molar-refractivity contribution in [2.45, 2.75) is 142 Å². The van der Waals surface area contributed by atoms with E-state index in [1.807, 2.05) is 0 Å². The van der Waals surface area contributed by atoms with E-state index in [1.165, 1.54) is 128 Å². The Labute approximate surface area is 211 Å². The Bertz CT molecular complexity index is 468. The quantitative estimate of drug-likeness (QED) is 0.0793. The second kappa shape index (κ2) is 27.7. The maximum Gasteiger partial charge on any atom is 0.243 e. The second-order valence-corrected chi connectivity index (χ2v) is 9.66. The van der Waals surface area contributed by atoms with E-state index < -0.39 is 0 Å². The molecular weight excluding hydrogens is 420 g/mol. The SMILES string of the molecule is CCCCCCCCCCCCNC(=O)/C=C\C=C/C(=O)NCCCCCCCCCCCC. The molecule has 0 bridgehead atoms. The highest BCUT2D eigenvalue weighted by atomic mass is 16.2. The van der Waals surface area contributed by atoms with E-state index >= 15 is 0 Å². The highest BCUT2D eigenvalue weighted by molar-refractivity contribution is 5.89. The van der Waals surface area contributed by atoms with E-state index in [1.54, 1.807) is 12.2 Å². The molecule has 0 aromatic carbocycles. The zero-order chi connectivity index (χ0) is 25.0. The van der Waals surface area contributed by atoms with Crippen molar-refractivity contribution in [1.82, 2.24) is 10.6 Å². The normalized spacial score (nSPS) is 11.5. The number of rotatable bonds is 25.